The number of anilines is 4. The lowest BCUT2D eigenvalue weighted by molar-refractivity contribution is -0.137. The second kappa shape index (κ2) is 12.3. The Morgan fingerprint density at radius 2 is 1.77 bits per heavy atom. The first-order chi connectivity index (χ1) is 18.7. The number of nitrogens with one attached hydrogen (secondary N) is 3. The van der Waals surface area contributed by atoms with Crippen LogP contribution in [0.5, 0.6) is 0 Å². The third-order valence-corrected chi connectivity index (χ3v) is 6.78. The standard InChI is InChI=1S/C24H27F3N8O4S/c1-14(36)19(20(28)37)30-11-15-6-8-17(9-7-15)33-23-32-13-18(24(25,26)27)21(34-23)31-12-16-5-4-10-29-22(16)35(2)40(3,38)39/h4-10,13,19,30H,11-12H2,1-3H3,(H2,28,37)(H2,31,32,33,34). The number of nitrogens with two attached hydrogens (primary N) is 1. The molecule has 0 fully saturated rings. The molecular weight excluding hydrogens is 553 g/mol. The van der Waals surface area contributed by atoms with Crippen molar-refractivity contribution in [2.24, 2.45) is 5.73 Å². The molecule has 1 aromatic carbocycles. The molecule has 40 heavy (non-hydrogen) atoms. The zero-order valence-corrected chi connectivity index (χ0v) is 22.5. The van der Waals surface area contributed by atoms with Crippen molar-refractivity contribution in [3.8, 4) is 0 Å². The van der Waals surface area contributed by atoms with Crippen LogP contribution in [0, 0.1) is 0 Å². The summed E-state index contributed by atoms with van der Waals surface area (Å²) in [6, 6.07) is 8.49. The minimum Gasteiger partial charge on any atom is -0.368 e. The van der Waals surface area contributed by atoms with Gasteiger partial charge in [-0.05, 0) is 30.7 Å². The minimum atomic E-state index is -4.76. The maximum atomic E-state index is 13.7. The van der Waals surface area contributed by atoms with Gasteiger partial charge in [-0.1, -0.05) is 18.2 Å². The summed E-state index contributed by atoms with van der Waals surface area (Å²) in [5, 5.41) is 8.19. The van der Waals surface area contributed by atoms with Gasteiger partial charge in [-0.3, -0.25) is 19.2 Å². The highest BCUT2D eigenvalue weighted by atomic mass is 32.2. The van der Waals surface area contributed by atoms with Gasteiger partial charge in [0.2, 0.25) is 21.9 Å². The molecule has 0 saturated heterocycles. The zero-order chi connectivity index (χ0) is 29.7. The van der Waals surface area contributed by atoms with Crippen molar-refractivity contribution in [2.45, 2.75) is 32.2 Å². The fourth-order valence-corrected chi connectivity index (χ4v) is 3.95. The Labute approximate surface area is 228 Å². The van der Waals surface area contributed by atoms with E-state index >= 15 is 0 Å². The molecule has 0 aliphatic heterocycles. The Kier molecular flexibility index (Phi) is 9.26. The number of ketones is 1. The average Bonchev–Trinajstić information content (AvgIpc) is 2.87. The number of rotatable bonds is 12. The Balaban J connectivity index is 1.79. The number of amides is 1. The van der Waals surface area contributed by atoms with Crippen LogP contribution in [0.2, 0.25) is 0 Å². The minimum absolute atomic E-state index is 0.0542. The van der Waals surface area contributed by atoms with Crippen LogP contribution in [-0.4, -0.2) is 54.4 Å². The topological polar surface area (TPSA) is 172 Å². The van der Waals surface area contributed by atoms with Crippen LogP contribution in [0.1, 0.15) is 23.6 Å². The highest BCUT2D eigenvalue weighted by Gasteiger charge is 2.35. The van der Waals surface area contributed by atoms with E-state index < -0.39 is 45.3 Å². The van der Waals surface area contributed by atoms with Crippen LogP contribution in [0.4, 0.5) is 36.4 Å². The predicted octanol–water partition coefficient (Wildman–Crippen LogP) is 2.17. The Morgan fingerprint density at radius 1 is 1.10 bits per heavy atom. The Hall–Kier alpha value is -4.31. The number of carbonyl (C=O) groups excluding carboxylic acids is 2. The van der Waals surface area contributed by atoms with Crippen LogP contribution < -0.4 is 26.0 Å². The Bertz CT molecular complexity index is 1470. The Morgan fingerprint density at radius 3 is 2.35 bits per heavy atom. The van der Waals surface area contributed by atoms with E-state index in [0.29, 0.717) is 23.0 Å². The number of halogens is 3. The average molecular weight is 581 g/mol. The smallest absolute Gasteiger partial charge is 0.368 e. The van der Waals surface area contributed by atoms with Gasteiger partial charge in [0.05, 0.1) is 6.26 Å². The molecule has 16 heteroatoms. The molecule has 2 aromatic heterocycles. The first-order valence-electron chi connectivity index (χ1n) is 11.6. The molecule has 3 aromatic rings. The number of alkyl halides is 3. The summed E-state index contributed by atoms with van der Waals surface area (Å²) >= 11 is 0. The highest BCUT2D eigenvalue weighted by molar-refractivity contribution is 7.92. The molecule has 1 amide bonds. The van der Waals surface area contributed by atoms with E-state index in [1.807, 2.05) is 0 Å². The molecule has 0 aliphatic rings. The SMILES string of the molecule is CC(=O)C(NCc1ccc(Nc2ncc(C(F)(F)F)c(NCc3cccnc3N(C)S(C)(=O)=O)n2)cc1)C(N)=O. The van der Waals surface area contributed by atoms with Crippen LogP contribution in [0.3, 0.4) is 0 Å². The number of carbonyl (C=O) groups is 2. The summed E-state index contributed by atoms with van der Waals surface area (Å²) in [6.45, 7) is 1.20. The summed E-state index contributed by atoms with van der Waals surface area (Å²) in [6.07, 6.45) is -1.78. The maximum Gasteiger partial charge on any atom is 0.421 e. The van der Waals surface area contributed by atoms with Gasteiger partial charge in [0.25, 0.3) is 0 Å². The second-order valence-electron chi connectivity index (χ2n) is 8.67. The molecule has 0 aliphatic carbocycles. The lowest BCUT2D eigenvalue weighted by Crippen LogP contribution is -2.45. The maximum absolute atomic E-state index is 13.7. The lowest BCUT2D eigenvalue weighted by atomic mass is 10.1. The van der Waals surface area contributed by atoms with Gasteiger partial charge in [0.1, 0.15) is 23.2 Å². The van der Waals surface area contributed by atoms with Crippen LogP contribution in [0.25, 0.3) is 0 Å². The molecule has 0 bridgehead atoms. The lowest BCUT2D eigenvalue weighted by Gasteiger charge is -2.20. The van der Waals surface area contributed by atoms with Gasteiger partial charge in [0, 0.05) is 43.8 Å². The number of hydrogen-bond acceptors (Lipinski definition) is 10. The fraction of sp³-hybridized carbons (Fsp3) is 0.292. The van der Waals surface area contributed by atoms with E-state index in [9.17, 15) is 31.2 Å². The van der Waals surface area contributed by atoms with E-state index in [-0.39, 0.29) is 24.9 Å². The summed E-state index contributed by atoms with van der Waals surface area (Å²) in [5.74, 6) is -1.82. The molecular formula is C24H27F3N8O4S. The largest absolute Gasteiger partial charge is 0.421 e. The van der Waals surface area contributed by atoms with Crippen molar-refractivity contribution < 1.29 is 31.2 Å². The summed E-state index contributed by atoms with van der Waals surface area (Å²) in [4.78, 5) is 34.7. The summed E-state index contributed by atoms with van der Waals surface area (Å²) < 4.78 is 65.9. The van der Waals surface area contributed by atoms with Gasteiger partial charge in [-0.25, -0.2) is 18.4 Å². The van der Waals surface area contributed by atoms with Crippen molar-refractivity contribution in [3.63, 3.8) is 0 Å². The number of nitrogens with zero attached hydrogens (tertiary/aromatic N) is 4. The number of benzene rings is 1. The van der Waals surface area contributed by atoms with Gasteiger partial charge in [-0.2, -0.15) is 18.2 Å². The van der Waals surface area contributed by atoms with Gasteiger partial charge >= 0.3 is 6.18 Å². The molecule has 0 spiro atoms. The first-order valence-corrected chi connectivity index (χ1v) is 13.5. The van der Waals surface area contributed by atoms with Gasteiger partial charge in [-0.15, -0.1) is 0 Å². The fourth-order valence-electron chi connectivity index (χ4n) is 3.47. The molecule has 1 atom stereocenters. The van der Waals surface area contributed by atoms with Crippen molar-refractivity contribution in [1.82, 2.24) is 20.3 Å². The van der Waals surface area contributed by atoms with Crippen molar-refractivity contribution in [3.05, 3.63) is 65.5 Å². The molecule has 5 N–H and O–H groups in total. The van der Waals surface area contributed by atoms with Crippen LogP contribution in [0.15, 0.2) is 48.8 Å². The quantitative estimate of drug-likeness (QED) is 0.233. The number of sulfonamides is 1. The number of Topliss-reactive ketones (excluding diaryl/α,β-unsaturated/α-hetero) is 1. The molecule has 0 saturated carbocycles. The first kappa shape index (κ1) is 30.2. The van der Waals surface area contributed by atoms with E-state index in [0.717, 1.165) is 10.6 Å². The molecule has 0 radical (unpaired) electrons. The monoisotopic (exact) mass is 580 g/mol. The third kappa shape index (κ3) is 7.86. The number of primary amides is 1. The normalized spacial score (nSPS) is 12.4. The summed E-state index contributed by atoms with van der Waals surface area (Å²) in [7, 11) is -2.38. The van der Waals surface area contributed by atoms with Crippen molar-refractivity contribution >= 4 is 45.0 Å². The number of pyridine rings is 1. The van der Waals surface area contributed by atoms with Gasteiger partial charge in [0.15, 0.2) is 5.78 Å². The molecule has 214 valence electrons. The molecule has 2 heterocycles. The van der Waals surface area contributed by atoms with E-state index in [2.05, 4.69) is 30.9 Å². The number of aromatic nitrogens is 3. The second-order valence-corrected chi connectivity index (χ2v) is 10.7. The van der Waals surface area contributed by atoms with Gasteiger partial charge < -0.3 is 16.4 Å². The summed E-state index contributed by atoms with van der Waals surface area (Å²) in [5.41, 5.74) is 5.57. The van der Waals surface area contributed by atoms with E-state index in [4.69, 9.17) is 5.73 Å². The highest BCUT2D eigenvalue weighted by Crippen LogP contribution is 2.34. The van der Waals surface area contributed by atoms with Crippen molar-refractivity contribution in [2.75, 3.05) is 28.2 Å². The third-order valence-electron chi connectivity index (χ3n) is 5.62. The van der Waals surface area contributed by atoms with Crippen LogP contribution >= 0.6 is 0 Å². The molecule has 3 rings (SSSR count). The van der Waals surface area contributed by atoms with E-state index in [1.165, 1.54) is 32.3 Å². The number of hydrogen-bond donors (Lipinski definition) is 4. The van der Waals surface area contributed by atoms with E-state index in [1.54, 1.807) is 24.3 Å². The van der Waals surface area contributed by atoms with Crippen molar-refractivity contribution in [1.29, 1.82) is 0 Å². The zero-order valence-electron chi connectivity index (χ0n) is 21.7. The predicted molar refractivity (Wildman–Crippen MR) is 142 cm³/mol. The van der Waals surface area contributed by atoms with Crippen LogP contribution in [-0.2, 0) is 38.9 Å². The molecule has 1 unspecified atom stereocenters. The molecule has 12 nitrogen and oxygen atoms in total.